The molecule has 32 heavy (non-hydrogen) atoms. The van der Waals surface area contributed by atoms with Crippen molar-refractivity contribution in [1.29, 1.82) is 0 Å². The van der Waals surface area contributed by atoms with Crippen molar-refractivity contribution in [3.05, 3.63) is 95.3 Å². The molecule has 0 aliphatic carbocycles. The minimum Gasteiger partial charge on any atom is -0.304 e. The fourth-order valence-electron chi connectivity index (χ4n) is 4.57. The summed E-state index contributed by atoms with van der Waals surface area (Å²) in [5.74, 6) is -2.77. The van der Waals surface area contributed by atoms with E-state index in [9.17, 15) is 22.4 Å². The number of rotatable bonds is 3. The van der Waals surface area contributed by atoms with Gasteiger partial charge in [-0.25, -0.2) is 12.8 Å². The Bertz CT molecular complexity index is 1360. The monoisotopic (exact) mass is 450 g/mol. The lowest BCUT2D eigenvalue weighted by Gasteiger charge is -2.32. The van der Waals surface area contributed by atoms with Crippen LogP contribution in [-0.4, -0.2) is 26.0 Å². The van der Waals surface area contributed by atoms with E-state index in [0.29, 0.717) is 5.69 Å². The maximum Gasteiger partial charge on any atom is 0.274 e. The normalized spacial score (nSPS) is 21.4. The van der Waals surface area contributed by atoms with E-state index < -0.39 is 38.1 Å². The van der Waals surface area contributed by atoms with Crippen LogP contribution in [0.15, 0.2) is 72.8 Å². The number of amides is 2. The lowest BCUT2D eigenvalue weighted by Crippen LogP contribution is -2.54. The lowest BCUT2D eigenvalue weighted by molar-refractivity contribution is -0.123. The highest BCUT2D eigenvalue weighted by atomic mass is 32.2. The van der Waals surface area contributed by atoms with E-state index in [-0.39, 0.29) is 17.8 Å². The Morgan fingerprint density at radius 1 is 0.969 bits per heavy atom. The molecule has 0 unspecified atom stereocenters. The van der Waals surface area contributed by atoms with E-state index in [0.717, 1.165) is 28.2 Å². The van der Waals surface area contributed by atoms with Crippen molar-refractivity contribution in [3.8, 4) is 0 Å². The first-order valence-corrected chi connectivity index (χ1v) is 11.7. The second-order valence-electron chi connectivity index (χ2n) is 8.01. The van der Waals surface area contributed by atoms with Crippen molar-refractivity contribution in [1.82, 2.24) is 0 Å². The number of carbonyl (C=O) groups is 2. The minimum absolute atomic E-state index is 0.151. The van der Waals surface area contributed by atoms with Crippen LogP contribution in [0.5, 0.6) is 0 Å². The average Bonchev–Trinajstić information content (AvgIpc) is 3.12. The topological polar surface area (TPSA) is 74.8 Å². The molecular weight excluding hydrogens is 431 g/mol. The van der Waals surface area contributed by atoms with Gasteiger partial charge in [0.25, 0.3) is 10.8 Å². The smallest absolute Gasteiger partial charge is 0.274 e. The van der Waals surface area contributed by atoms with Gasteiger partial charge in [0.2, 0.25) is 5.91 Å². The number of aryl methyl sites for hydroxylation is 1. The molecule has 1 spiro atoms. The fourth-order valence-corrected chi connectivity index (χ4v) is 6.59. The molecule has 2 amide bonds. The molecule has 162 valence electrons. The number of fused-ring (bicyclic) bond motifs is 2. The van der Waals surface area contributed by atoms with Gasteiger partial charge in [-0.15, -0.1) is 0 Å². The van der Waals surface area contributed by atoms with Gasteiger partial charge >= 0.3 is 0 Å². The van der Waals surface area contributed by atoms with Crippen molar-refractivity contribution in [2.75, 3.05) is 15.6 Å². The first-order chi connectivity index (χ1) is 15.3. The molecule has 0 N–H and O–H groups in total. The summed E-state index contributed by atoms with van der Waals surface area (Å²) in [6, 6.07) is 19.3. The second-order valence-corrected chi connectivity index (χ2v) is 10.1. The Balaban J connectivity index is 1.77. The molecule has 1 atom stereocenters. The van der Waals surface area contributed by atoms with Crippen LogP contribution >= 0.6 is 0 Å². The zero-order chi connectivity index (χ0) is 22.7. The summed E-state index contributed by atoms with van der Waals surface area (Å²) >= 11 is 0. The SMILES string of the molecule is Cc1ccc2c(c1)[C@@]1(C(=O)N2Cc2ccccc2)N(c2ccc(F)cc2)C(=O)CS1(=O)=O. The largest absolute Gasteiger partial charge is 0.304 e. The lowest BCUT2D eigenvalue weighted by atomic mass is 10.0. The Labute approximate surface area is 184 Å². The molecular formula is C24H19FN2O4S. The number of nitrogens with zero attached hydrogens (tertiary/aromatic N) is 2. The summed E-state index contributed by atoms with van der Waals surface area (Å²) in [6.45, 7) is 1.95. The van der Waals surface area contributed by atoms with Gasteiger partial charge < -0.3 is 4.90 Å². The summed E-state index contributed by atoms with van der Waals surface area (Å²) in [5, 5.41) is 0. The van der Waals surface area contributed by atoms with Crippen molar-refractivity contribution in [2.45, 2.75) is 18.3 Å². The predicted octanol–water partition coefficient (Wildman–Crippen LogP) is 3.30. The first-order valence-electron chi connectivity index (χ1n) is 10.0. The van der Waals surface area contributed by atoms with Crippen molar-refractivity contribution < 1.29 is 22.4 Å². The molecule has 5 rings (SSSR count). The molecule has 0 saturated carbocycles. The summed E-state index contributed by atoms with van der Waals surface area (Å²) in [7, 11) is -4.26. The number of hydrogen-bond donors (Lipinski definition) is 0. The maximum atomic E-state index is 14.0. The van der Waals surface area contributed by atoms with Crippen molar-refractivity contribution in [3.63, 3.8) is 0 Å². The van der Waals surface area contributed by atoms with Gasteiger partial charge in [-0.1, -0.05) is 42.0 Å². The molecule has 3 aromatic carbocycles. The number of benzene rings is 3. The molecule has 0 bridgehead atoms. The summed E-state index contributed by atoms with van der Waals surface area (Å²) in [4.78, 5) is 27.2. The Morgan fingerprint density at radius 2 is 1.66 bits per heavy atom. The maximum absolute atomic E-state index is 14.0. The van der Waals surface area contributed by atoms with Crippen LogP contribution in [0.2, 0.25) is 0 Å². The molecule has 1 saturated heterocycles. The Morgan fingerprint density at radius 3 is 2.34 bits per heavy atom. The van der Waals surface area contributed by atoms with Gasteiger partial charge in [0.15, 0.2) is 9.84 Å². The van der Waals surface area contributed by atoms with E-state index >= 15 is 0 Å². The highest BCUT2D eigenvalue weighted by molar-refractivity contribution is 7.94. The highest BCUT2D eigenvalue weighted by Crippen LogP contribution is 2.53. The number of carbonyl (C=O) groups excluding carboxylic acids is 2. The van der Waals surface area contributed by atoms with Gasteiger partial charge in [0.1, 0.15) is 11.6 Å². The van der Waals surface area contributed by atoms with Crippen LogP contribution in [0, 0.1) is 12.7 Å². The van der Waals surface area contributed by atoms with Crippen LogP contribution in [0.3, 0.4) is 0 Å². The zero-order valence-corrected chi connectivity index (χ0v) is 18.0. The van der Waals surface area contributed by atoms with Crippen LogP contribution in [-0.2, 0) is 30.8 Å². The third kappa shape index (κ3) is 2.72. The highest BCUT2D eigenvalue weighted by Gasteiger charge is 2.69. The van der Waals surface area contributed by atoms with Crippen molar-refractivity contribution in [2.24, 2.45) is 0 Å². The molecule has 3 aromatic rings. The van der Waals surface area contributed by atoms with E-state index in [1.165, 1.54) is 17.0 Å². The quantitative estimate of drug-likeness (QED) is 0.614. The number of hydrogen-bond acceptors (Lipinski definition) is 4. The Hall–Kier alpha value is -3.52. The number of sulfone groups is 1. The summed E-state index contributed by atoms with van der Waals surface area (Å²) in [6.07, 6.45) is 0. The van der Waals surface area contributed by atoms with Gasteiger partial charge in [0, 0.05) is 11.3 Å². The van der Waals surface area contributed by atoms with Gasteiger partial charge in [-0.3, -0.25) is 14.5 Å². The molecule has 8 heteroatoms. The average molecular weight is 450 g/mol. The molecule has 1 fully saturated rings. The molecule has 0 aromatic heterocycles. The summed E-state index contributed by atoms with van der Waals surface area (Å²) in [5.41, 5.74) is 2.41. The fraction of sp³-hybridized carbons (Fsp3) is 0.167. The van der Waals surface area contributed by atoms with E-state index in [2.05, 4.69) is 0 Å². The van der Waals surface area contributed by atoms with E-state index in [1.54, 1.807) is 25.1 Å². The third-order valence-corrected chi connectivity index (χ3v) is 8.04. The number of anilines is 2. The van der Waals surface area contributed by atoms with Crippen LogP contribution < -0.4 is 9.80 Å². The predicted molar refractivity (Wildman–Crippen MR) is 118 cm³/mol. The number of halogens is 1. The third-order valence-electron chi connectivity index (χ3n) is 5.94. The molecule has 0 radical (unpaired) electrons. The first kappa shape index (κ1) is 20.4. The molecule has 2 aliphatic rings. The van der Waals surface area contributed by atoms with Gasteiger partial charge in [0.05, 0.1) is 12.2 Å². The van der Waals surface area contributed by atoms with E-state index in [4.69, 9.17) is 0 Å². The van der Waals surface area contributed by atoms with Crippen LogP contribution in [0.25, 0.3) is 0 Å². The summed E-state index contributed by atoms with van der Waals surface area (Å²) < 4.78 is 40.7. The van der Waals surface area contributed by atoms with Crippen LogP contribution in [0.4, 0.5) is 15.8 Å². The van der Waals surface area contributed by atoms with Gasteiger partial charge in [-0.05, 0) is 48.9 Å². The van der Waals surface area contributed by atoms with Crippen molar-refractivity contribution >= 4 is 33.0 Å². The second kappa shape index (κ2) is 7.00. The van der Waals surface area contributed by atoms with Gasteiger partial charge in [-0.2, -0.15) is 0 Å². The minimum atomic E-state index is -4.26. The van der Waals surface area contributed by atoms with Crippen LogP contribution in [0.1, 0.15) is 16.7 Å². The zero-order valence-electron chi connectivity index (χ0n) is 17.2. The Kier molecular flexibility index (Phi) is 4.46. The molecule has 2 aliphatic heterocycles. The van der Waals surface area contributed by atoms with E-state index in [1.807, 2.05) is 30.3 Å². The molecule has 2 heterocycles. The molecule has 6 nitrogen and oxygen atoms in total. The standard InChI is InChI=1S/C24H19FN2O4S/c1-16-7-12-21-20(13-16)24(23(29)26(21)14-17-5-3-2-4-6-17)27(22(28)15-32(24,30)31)19-10-8-18(25)9-11-19/h2-13H,14-15H2,1H3/t24-/m1/s1.